The first kappa shape index (κ1) is 13.8. The van der Waals surface area contributed by atoms with E-state index in [1.54, 1.807) is 0 Å². The molecule has 1 saturated heterocycles. The fraction of sp³-hybridized carbons (Fsp3) is 0.833. The molecule has 3 rings (SSSR count). The third-order valence-corrected chi connectivity index (χ3v) is 3.84. The molecular formula is C12H21ClN4O. The molecule has 0 amide bonds. The van der Waals surface area contributed by atoms with Crippen LogP contribution in [0.4, 0.5) is 0 Å². The van der Waals surface area contributed by atoms with Crippen molar-refractivity contribution >= 4 is 12.4 Å². The zero-order valence-corrected chi connectivity index (χ0v) is 11.5. The molecule has 2 unspecified atom stereocenters. The largest absolute Gasteiger partial charge is 0.338 e. The third kappa shape index (κ3) is 3.02. The van der Waals surface area contributed by atoms with Gasteiger partial charge >= 0.3 is 0 Å². The second-order valence-electron chi connectivity index (χ2n) is 5.49. The first-order valence-electron chi connectivity index (χ1n) is 6.53. The number of piperidine rings is 1. The first-order valence-corrected chi connectivity index (χ1v) is 6.53. The molecule has 18 heavy (non-hydrogen) atoms. The summed E-state index contributed by atoms with van der Waals surface area (Å²) in [5.41, 5.74) is 6.01. The highest BCUT2D eigenvalue weighted by Crippen LogP contribution is 2.38. The van der Waals surface area contributed by atoms with E-state index in [2.05, 4.69) is 22.0 Å². The Morgan fingerprint density at radius 2 is 2.17 bits per heavy atom. The average molecular weight is 273 g/mol. The van der Waals surface area contributed by atoms with Gasteiger partial charge in [-0.15, -0.1) is 12.4 Å². The number of likely N-dealkylation sites (tertiary alicyclic amines) is 1. The van der Waals surface area contributed by atoms with Gasteiger partial charge in [0.1, 0.15) is 0 Å². The Morgan fingerprint density at radius 3 is 2.83 bits per heavy atom. The van der Waals surface area contributed by atoms with Gasteiger partial charge in [-0.1, -0.05) is 12.1 Å². The summed E-state index contributed by atoms with van der Waals surface area (Å²) in [6.07, 6.45) is 3.49. The average Bonchev–Trinajstić information content (AvgIpc) is 3.06. The van der Waals surface area contributed by atoms with Crippen LogP contribution in [0.25, 0.3) is 0 Å². The molecule has 1 aliphatic carbocycles. The fourth-order valence-electron chi connectivity index (χ4n) is 2.42. The molecule has 0 spiro atoms. The quantitative estimate of drug-likeness (QED) is 0.904. The molecule has 2 aliphatic rings. The van der Waals surface area contributed by atoms with E-state index in [0.717, 1.165) is 37.8 Å². The van der Waals surface area contributed by atoms with Crippen LogP contribution in [0, 0.1) is 5.92 Å². The Kier molecular flexibility index (Phi) is 4.25. The number of hydrogen-bond donors (Lipinski definition) is 1. The van der Waals surface area contributed by atoms with Crippen LogP contribution in [0.3, 0.4) is 0 Å². The highest BCUT2D eigenvalue weighted by atomic mass is 35.5. The molecule has 0 aromatic carbocycles. The molecule has 102 valence electrons. The highest BCUT2D eigenvalue weighted by Gasteiger charge is 2.29. The van der Waals surface area contributed by atoms with Crippen molar-refractivity contribution in [3.05, 3.63) is 11.7 Å². The molecule has 2 heterocycles. The van der Waals surface area contributed by atoms with Gasteiger partial charge in [0.2, 0.25) is 5.89 Å². The van der Waals surface area contributed by atoms with Gasteiger partial charge in [-0.25, -0.2) is 0 Å². The summed E-state index contributed by atoms with van der Waals surface area (Å²) in [6.45, 7) is 5.05. The van der Waals surface area contributed by atoms with Crippen LogP contribution in [-0.4, -0.2) is 34.2 Å². The Morgan fingerprint density at radius 1 is 1.39 bits per heavy atom. The molecular weight excluding hydrogens is 252 g/mol. The van der Waals surface area contributed by atoms with Crippen LogP contribution in [-0.2, 0) is 6.54 Å². The number of nitrogens with two attached hydrogens (primary N) is 1. The van der Waals surface area contributed by atoms with Crippen molar-refractivity contribution in [2.24, 2.45) is 11.7 Å². The van der Waals surface area contributed by atoms with Gasteiger partial charge in [0.25, 0.3) is 0 Å². The number of aromatic nitrogens is 2. The minimum absolute atomic E-state index is 0. The molecule has 1 aromatic heterocycles. The second kappa shape index (κ2) is 5.55. The molecule has 6 heteroatoms. The lowest BCUT2D eigenvalue weighted by Gasteiger charge is -2.34. The minimum Gasteiger partial charge on any atom is -0.338 e. The maximum Gasteiger partial charge on any atom is 0.240 e. The number of halogens is 1. The van der Waals surface area contributed by atoms with Crippen molar-refractivity contribution in [3.63, 3.8) is 0 Å². The van der Waals surface area contributed by atoms with Crippen molar-refractivity contribution in [2.75, 3.05) is 13.1 Å². The van der Waals surface area contributed by atoms with Crippen LogP contribution in [0.2, 0.25) is 0 Å². The zero-order valence-electron chi connectivity index (χ0n) is 10.7. The molecule has 2 N–H and O–H groups in total. The lowest BCUT2D eigenvalue weighted by atomic mass is 9.95. The van der Waals surface area contributed by atoms with Crippen molar-refractivity contribution < 1.29 is 4.52 Å². The number of nitrogens with zero attached hydrogens (tertiary/aromatic N) is 3. The van der Waals surface area contributed by atoms with E-state index in [1.807, 2.05) is 0 Å². The Hall–Kier alpha value is -0.650. The predicted octanol–water partition coefficient (Wildman–Crippen LogP) is 1.54. The third-order valence-electron chi connectivity index (χ3n) is 3.84. The van der Waals surface area contributed by atoms with Gasteiger partial charge in [0.05, 0.1) is 6.54 Å². The fourth-order valence-corrected chi connectivity index (χ4v) is 2.42. The van der Waals surface area contributed by atoms with Gasteiger partial charge in [0, 0.05) is 25.0 Å². The van der Waals surface area contributed by atoms with E-state index in [9.17, 15) is 0 Å². The summed E-state index contributed by atoms with van der Waals surface area (Å²) < 4.78 is 5.30. The maximum absolute atomic E-state index is 6.01. The van der Waals surface area contributed by atoms with E-state index in [-0.39, 0.29) is 12.4 Å². The predicted molar refractivity (Wildman–Crippen MR) is 70.6 cm³/mol. The second-order valence-corrected chi connectivity index (χ2v) is 5.49. The smallest absolute Gasteiger partial charge is 0.240 e. The number of hydrogen-bond acceptors (Lipinski definition) is 5. The number of rotatable bonds is 3. The normalized spacial score (nSPS) is 29.0. The molecule has 5 nitrogen and oxygen atoms in total. The van der Waals surface area contributed by atoms with Gasteiger partial charge < -0.3 is 10.3 Å². The van der Waals surface area contributed by atoms with Crippen molar-refractivity contribution in [2.45, 2.75) is 44.7 Å². The van der Waals surface area contributed by atoms with Crippen LogP contribution >= 0.6 is 12.4 Å². The summed E-state index contributed by atoms with van der Waals surface area (Å²) in [5, 5.41) is 4.04. The van der Waals surface area contributed by atoms with Gasteiger partial charge in [-0.05, 0) is 25.2 Å². The minimum atomic E-state index is 0. The van der Waals surface area contributed by atoms with E-state index in [0.29, 0.717) is 17.9 Å². The van der Waals surface area contributed by atoms with Crippen LogP contribution in [0.15, 0.2) is 4.52 Å². The summed E-state index contributed by atoms with van der Waals surface area (Å²) in [5.74, 6) is 2.78. The van der Waals surface area contributed by atoms with Gasteiger partial charge in [0.15, 0.2) is 5.82 Å². The summed E-state index contributed by atoms with van der Waals surface area (Å²) >= 11 is 0. The topological polar surface area (TPSA) is 68.2 Å². The Bertz CT molecular complexity index is 393. The van der Waals surface area contributed by atoms with Gasteiger partial charge in [-0.2, -0.15) is 4.98 Å². The lowest BCUT2D eigenvalue weighted by Crippen LogP contribution is -2.45. The SMILES string of the molecule is CC1CN(Cc2nc(C3CC3)no2)CCC1N.Cl. The zero-order chi connectivity index (χ0) is 11.8. The molecule has 2 fully saturated rings. The van der Waals surface area contributed by atoms with Crippen LogP contribution < -0.4 is 5.73 Å². The Balaban J connectivity index is 0.00000120. The molecule has 0 bridgehead atoms. The van der Waals surface area contributed by atoms with E-state index in [1.165, 1.54) is 12.8 Å². The molecule has 0 radical (unpaired) electrons. The van der Waals surface area contributed by atoms with Gasteiger partial charge in [-0.3, -0.25) is 4.90 Å². The van der Waals surface area contributed by atoms with E-state index in [4.69, 9.17) is 10.3 Å². The summed E-state index contributed by atoms with van der Waals surface area (Å²) in [7, 11) is 0. The van der Waals surface area contributed by atoms with Crippen LogP contribution in [0.1, 0.15) is 43.8 Å². The molecule has 2 atom stereocenters. The van der Waals surface area contributed by atoms with Crippen LogP contribution in [0.5, 0.6) is 0 Å². The van der Waals surface area contributed by atoms with Crippen molar-refractivity contribution in [1.82, 2.24) is 15.0 Å². The monoisotopic (exact) mass is 272 g/mol. The summed E-state index contributed by atoms with van der Waals surface area (Å²) in [6, 6.07) is 0.343. The van der Waals surface area contributed by atoms with Crippen molar-refractivity contribution in [1.29, 1.82) is 0 Å². The molecule has 1 aromatic rings. The highest BCUT2D eigenvalue weighted by molar-refractivity contribution is 5.85. The summed E-state index contributed by atoms with van der Waals surface area (Å²) in [4.78, 5) is 6.82. The van der Waals surface area contributed by atoms with Crippen molar-refractivity contribution in [3.8, 4) is 0 Å². The maximum atomic E-state index is 6.01. The first-order chi connectivity index (χ1) is 8.22. The van der Waals surface area contributed by atoms with E-state index >= 15 is 0 Å². The standard InChI is InChI=1S/C12H20N4O.ClH/c1-8-6-16(5-4-10(8)13)7-11-14-12(15-17-11)9-2-3-9;/h8-10H,2-7,13H2,1H3;1H. The van der Waals surface area contributed by atoms with E-state index < -0.39 is 0 Å². The molecule has 1 aliphatic heterocycles. The lowest BCUT2D eigenvalue weighted by molar-refractivity contribution is 0.142. The Labute approximate surface area is 114 Å². The molecule has 1 saturated carbocycles.